The summed E-state index contributed by atoms with van der Waals surface area (Å²) in [5.41, 5.74) is 0.207. The summed E-state index contributed by atoms with van der Waals surface area (Å²) in [5.74, 6) is -0.663. The van der Waals surface area contributed by atoms with Gasteiger partial charge in [0.2, 0.25) is 12.2 Å². The highest BCUT2D eigenvalue weighted by Crippen LogP contribution is 2.14. The monoisotopic (exact) mass is 545 g/mol. The van der Waals surface area contributed by atoms with Crippen molar-refractivity contribution in [1.82, 2.24) is 5.32 Å². The smallest absolute Gasteiger partial charge is 0.308 e. The number of carbonyl (C=O) groups is 2. The van der Waals surface area contributed by atoms with Crippen LogP contribution in [-0.4, -0.2) is 35.1 Å². The lowest BCUT2D eigenvalue weighted by Crippen LogP contribution is -2.28. The number of halogens is 1. The largest absolute Gasteiger partial charge is 0.432 e. The molecule has 5 nitrogen and oxygen atoms in total. The maximum atomic E-state index is 12.0. The summed E-state index contributed by atoms with van der Waals surface area (Å²) in [4.78, 5) is 23.6. The fourth-order valence-electron chi connectivity index (χ4n) is 3.89. The molecule has 6 heteroatoms. The highest BCUT2D eigenvalue weighted by molar-refractivity contribution is 9.09. The summed E-state index contributed by atoms with van der Waals surface area (Å²) < 4.78 is 4.92. The third-order valence-electron chi connectivity index (χ3n) is 6.10. The van der Waals surface area contributed by atoms with Crippen LogP contribution >= 0.6 is 15.9 Å². The van der Waals surface area contributed by atoms with E-state index >= 15 is 0 Å². The van der Waals surface area contributed by atoms with Gasteiger partial charge in [-0.2, -0.15) is 0 Å². The number of aliphatic hydroxyl groups excluding tert-OH is 1. The Morgan fingerprint density at radius 3 is 1.74 bits per heavy atom. The molecule has 0 rings (SSSR count). The third kappa shape index (κ3) is 22.9. The van der Waals surface area contributed by atoms with E-state index in [1.165, 1.54) is 89.9 Å². The van der Waals surface area contributed by atoms with Gasteiger partial charge in [-0.3, -0.25) is 9.59 Å². The summed E-state index contributed by atoms with van der Waals surface area (Å²) in [6, 6.07) is 0. The molecule has 1 atom stereocenters. The van der Waals surface area contributed by atoms with E-state index in [2.05, 4.69) is 34.7 Å². The zero-order chi connectivity index (χ0) is 25.3. The van der Waals surface area contributed by atoms with E-state index in [1.807, 2.05) is 0 Å². The zero-order valence-electron chi connectivity index (χ0n) is 21.9. The molecule has 2 N–H and O–H groups in total. The van der Waals surface area contributed by atoms with Crippen LogP contribution in [0.1, 0.15) is 135 Å². The number of ether oxygens (including phenoxy) is 1. The molecule has 200 valence electrons. The molecule has 0 aromatic carbocycles. The van der Waals surface area contributed by atoms with E-state index < -0.39 is 12.3 Å². The van der Waals surface area contributed by atoms with Gasteiger partial charge < -0.3 is 15.2 Å². The van der Waals surface area contributed by atoms with E-state index in [9.17, 15) is 14.7 Å². The molecule has 0 bridgehead atoms. The lowest BCUT2D eigenvalue weighted by molar-refractivity contribution is -0.162. The molecule has 0 fully saturated rings. The van der Waals surface area contributed by atoms with Crippen molar-refractivity contribution in [3.63, 3.8) is 0 Å². The van der Waals surface area contributed by atoms with Crippen molar-refractivity contribution in [2.24, 2.45) is 0 Å². The van der Waals surface area contributed by atoms with Crippen LogP contribution in [0.2, 0.25) is 0 Å². The highest BCUT2D eigenvalue weighted by atomic mass is 79.9. The van der Waals surface area contributed by atoms with Crippen LogP contribution in [0.3, 0.4) is 0 Å². The minimum Gasteiger partial charge on any atom is -0.432 e. The lowest BCUT2D eigenvalue weighted by Gasteiger charge is -2.14. The molecule has 0 aliphatic carbocycles. The molecule has 0 aliphatic rings. The molecule has 0 aromatic rings. The first-order valence-electron chi connectivity index (χ1n) is 13.9. The number of unbranched alkanes of at least 4 members (excludes halogenated alkanes) is 16. The molecule has 0 spiro atoms. The Morgan fingerprint density at radius 1 is 0.794 bits per heavy atom. The average Bonchev–Trinajstić information content (AvgIpc) is 2.81. The number of carbonyl (C=O) groups excluding carboxylic acids is 2. The van der Waals surface area contributed by atoms with Crippen molar-refractivity contribution in [3.8, 4) is 0 Å². The maximum absolute atomic E-state index is 12.0. The summed E-state index contributed by atoms with van der Waals surface area (Å²) in [7, 11) is 0. The summed E-state index contributed by atoms with van der Waals surface area (Å²) in [6.45, 7) is 6.58. The second-order valence-corrected chi connectivity index (χ2v) is 10.3. The van der Waals surface area contributed by atoms with Gasteiger partial charge in [-0.15, -0.1) is 0 Å². The Bertz CT molecular complexity index is 513. The molecular weight excluding hydrogens is 494 g/mol. The summed E-state index contributed by atoms with van der Waals surface area (Å²) in [5, 5.41) is 13.6. The molecule has 0 saturated carbocycles. The molecule has 34 heavy (non-hydrogen) atoms. The van der Waals surface area contributed by atoms with Gasteiger partial charge in [0.1, 0.15) is 0 Å². The topological polar surface area (TPSA) is 75.6 Å². The van der Waals surface area contributed by atoms with Crippen LogP contribution in [0.25, 0.3) is 0 Å². The Hall–Kier alpha value is -0.880. The van der Waals surface area contributed by atoms with Crippen molar-refractivity contribution in [2.45, 2.75) is 142 Å². The standard InChI is InChI=1S/C28H52BrNO4/c1-3-4-5-6-7-8-9-10-11-12-13-14-15-16-17-20-23-30-26(31)24-25(2)28(33)34-27(32)21-18-19-22-29/h28,33H,2-24H2,1H3,(H,30,31). The van der Waals surface area contributed by atoms with E-state index in [0.717, 1.165) is 24.6 Å². The van der Waals surface area contributed by atoms with Crippen molar-refractivity contribution >= 4 is 27.8 Å². The molecule has 0 aliphatic heterocycles. The Kier molecular flexibility index (Phi) is 24.6. The number of hydrogen-bond donors (Lipinski definition) is 2. The van der Waals surface area contributed by atoms with E-state index in [1.54, 1.807) is 0 Å². The number of hydrogen-bond acceptors (Lipinski definition) is 4. The average molecular weight is 547 g/mol. The number of amides is 1. The quantitative estimate of drug-likeness (QED) is 0.0404. The van der Waals surface area contributed by atoms with Crippen LogP contribution in [0, 0.1) is 0 Å². The third-order valence-corrected chi connectivity index (χ3v) is 6.66. The van der Waals surface area contributed by atoms with Crippen LogP contribution in [0.15, 0.2) is 12.2 Å². The first-order valence-corrected chi connectivity index (χ1v) is 15.0. The van der Waals surface area contributed by atoms with Crippen molar-refractivity contribution in [3.05, 3.63) is 12.2 Å². The van der Waals surface area contributed by atoms with Crippen molar-refractivity contribution in [1.29, 1.82) is 0 Å². The van der Waals surface area contributed by atoms with Crippen molar-refractivity contribution < 1.29 is 19.4 Å². The summed E-state index contributed by atoms with van der Waals surface area (Å²) in [6.07, 6.45) is 21.6. The van der Waals surface area contributed by atoms with Gasteiger partial charge in [0.15, 0.2) is 0 Å². The second kappa shape index (κ2) is 25.2. The van der Waals surface area contributed by atoms with Crippen LogP contribution in [0.5, 0.6) is 0 Å². The SMILES string of the molecule is C=C(CC(=O)NCCCCCCCCCCCCCCCCCC)C(O)OC(=O)CCCCBr. The number of nitrogens with one attached hydrogen (secondary N) is 1. The predicted molar refractivity (Wildman–Crippen MR) is 146 cm³/mol. The summed E-state index contributed by atoms with van der Waals surface area (Å²) >= 11 is 3.30. The highest BCUT2D eigenvalue weighted by Gasteiger charge is 2.16. The Balaban J connectivity index is 3.45. The van der Waals surface area contributed by atoms with Crippen molar-refractivity contribution in [2.75, 3.05) is 11.9 Å². The van der Waals surface area contributed by atoms with E-state index in [4.69, 9.17) is 4.74 Å². The van der Waals surface area contributed by atoms with Gasteiger partial charge in [-0.05, 0) is 24.8 Å². The number of rotatable bonds is 25. The molecule has 0 radical (unpaired) electrons. The molecule has 0 aromatic heterocycles. The fourth-order valence-corrected chi connectivity index (χ4v) is 4.28. The molecule has 1 unspecified atom stereocenters. The van der Waals surface area contributed by atoms with Crippen LogP contribution < -0.4 is 5.32 Å². The minimum absolute atomic E-state index is 0.0330. The fraction of sp³-hybridized carbons (Fsp3) is 0.857. The van der Waals surface area contributed by atoms with Gasteiger partial charge in [-0.25, -0.2) is 0 Å². The minimum atomic E-state index is -1.42. The number of alkyl halides is 1. The van der Waals surface area contributed by atoms with Gasteiger partial charge in [0.05, 0.1) is 6.42 Å². The van der Waals surface area contributed by atoms with E-state index in [0.29, 0.717) is 13.0 Å². The Labute approximate surface area is 218 Å². The van der Waals surface area contributed by atoms with E-state index in [-0.39, 0.29) is 24.3 Å². The van der Waals surface area contributed by atoms with Gasteiger partial charge in [0.25, 0.3) is 0 Å². The zero-order valence-corrected chi connectivity index (χ0v) is 23.5. The normalized spacial score (nSPS) is 11.9. The Morgan fingerprint density at radius 2 is 1.26 bits per heavy atom. The molecule has 0 heterocycles. The number of esters is 1. The molecule has 1 amide bonds. The molecule has 0 saturated heterocycles. The molecular formula is C28H52BrNO4. The van der Waals surface area contributed by atoms with Gasteiger partial charge >= 0.3 is 5.97 Å². The predicted octanol–water partition coefficient (Wildman–Crippen LogP) is 7.74. The first kappa shape index (κ1) is 33.1. The van der Waals surface area contributed by atoms with Crippen LogP contribution in [0.4, 0.5) is 0 Å². The lowest BCUT2D eigenvalue weighted by atomic mass is 10.0. The van der Waals surface area contributed by atoms with Gasteiger partial charge in [0, 0.05) is 18.3 Å². The number of aliphatic hydroxyl groups is 1. The first-order chi connectivity index (χ1) is 16.5. The van der Waals surface area contributed by atoms with Gasteiger partial charge in [-0.1, -0.05) is 126 Å². The maximum Gasteiger partial charge on any atom is 0.308 e. The second-order valence-electron chi connectivity index (χ2n) is 9.48. The van der Waals surface area contributed by atoms with Crippen LogP contribution in [-0.2, 0) is 14.3 Å².